The Balaban J connectivity index is 1.84. The van der Waals surface area contributed by atoms with Gasteiger partial charge in [0, 0.05) is 18.0 Å². The van der Waals surface area contributed by atoms with Gasteiger partial charge in [0.25, 0.3) is 0 Å². The molecule has 0 saturated heterocycles. The maximum absolute atomic E-state index is 12.4. The molecule has 3 rings (SSSR count). The van der Waals surface area contributed by atoms with E-state index in [1.165, 1.54) is 22.5 Å². The summed E-state index contributed by atoms with van der Waals surface area (Å²) in [4.78, 5) is 26.7. The summed E-state index contributed by atoms with van der Waals surface area (Å²) >= 11 is 1.25. The van der Waals surface area contributed by atoms with Crippen molar-refractivity contribution in [2.75, 3.05) is 6.61 Å². The topological polar surface area (TPSA) is 66.8 Å². The Hall–Kier alpha value is -2.18. The molecule has 1 unspecified atom stereocenters. The number of carbonyl (C=O) groups is 2. The van der Waals surface area contributed by atoms with Gasteiger partial charge in [-0.3, -0.25) is 9.69 Å². The van der Waals surface area contributed by atoms with E-state index in [9.17, 15) is 9.59 Å². The third-order valence-corrected chi connectivity index (χ3v) is 5.19. The predicted octanol–water partition coefficient (Wildman–Crippen LogP) is 2.94. The largest absolute Gasteiger partial charge is 0.477 e. The van der Waals surface area contributed by atoms with E-state index in [2.05, 4.69) is 11.0 Å². The first-order valence-electron chi connectivity index (χ1n) is 7.88. The number of hydrogen-bond donors (Lipinski definition) is 1. The molecule has 1 aliphatic rings. The summed E-state index contributed by atoms with van der Waals surface area (Å²) in [5.41, 5.74) is 2.37. The van der Waals surface area contributed by atoms with Crippen LogP contribution in [-0.2, 0) is 29.0 Å². The van der Waals surface area contributed by atoms with Gasteiger partial charge in [0.05, 0.1) is 6.61 Å². The lowest BCUT2D eigenvalue weighted by Gasteiger charge is -2.35. The minimum atomic E-state index is -0.919. The molecule has 1 aliphatic heterocycles. The molecular formula is C18H19NO4S. The number of esters is 1. The summed E-state index contributed by atoms with van der Waals surface area (Å²) in [6, 6.07) is 11.2. The Kier molecular flexibility index (Phi) is 4.97. The summed E-state index contributed by atoms with van der Waals surface area (Å²) in [5, 5.41) is 9.07. The zero-order valence-electron chi connectivity index (χ0n) is 13.4. The Morgan fingerprint density at radius 1 is 1.25 bits per heavy atom. The Morgan fingerprint density at radius 3 is 2.67 bits per heavy atom. The van der Waals surface area contributed by atoms with Crippen molar-refractivity contribution in [1.29, 1.82) is 0 Å². The molecule has 1 aromatic carbocycles. The first-order valence-corrected chi connectivity index (χ1v) is 8.69. The number of carboxylic acid groups (broad SMARTS) is 1. The second-order valence-corrected chi connectivity index (χ2v) is 6.89. The van der Waals surface area contributed by atoms with E-state index < -0.39 is 5.97 Å². The predicted molar refractivity (Wildman–Crippen MR) is 91.1 cm³/mol. The molecule has 2 aromatic rings. The SMILES string of the molecule is CCOC(=O)C1Cc2ccccc2CN1Cc1ccc(C(=O)O)s1. The number of nitrogens with zero attached hydrogens (tertiary/aromatic N) is 1. The average Bonchev–Trinajstić information content (AvgIpc) is 3.03. The van der Waals surface area contributed by atoms with Gasteiger partial charge in [-0.2, -0.15) is 0 Å². The van der Waals surface area contributed by atoms with Crippen LogP contribution in [-0.4, -0.2) is 34.6 Å². The molecule has 0 fully saturated rings. The Bertz CT molecular complexity index is 755. The van der Waals surface area contributed by atoms with Crippen LogP contribution in [0.4, 0.5) is 0 Å². The lowest BCUT2D eigenvalue weighted by molar-refractivity contribution is -0.150. The third kappa shape index (κ3) is 3.49. The Morgan fingerprint density at radius 2 is 2.00 bits per heavy atom. The van der Waals surface area contributed by atoms with Crippen molar-refractivity contribution in [3.63, 3.8) is 0 Å². The van der Waals surface area contributed by atoms with Gasteiger partial charge < -0.3 is 9.84 Å². The summed E-state index contributed by atoms with van der Waals surface area (Å²) < 4.78 is 5.24. The van der Waals surface area contributed by atoms with Crippen LogP contribution in [0.2, 0.25) is 0 Å². The molecular weight excluding hydrogens is 326 g/mol. The number of carboxylic acids is 1. The molecule has 126 valence electrons. The van der Waals surface area contributed by atoms with Crippen molar-refractivity contribution in [3.05, 3.63) is 57.3 Å². The van der Waals surface area contributed by atoms with Crippen molar-refractivity contribution in [1.82, 2.24) is 4.90 Å². The van der Waals surface area contributed by atoms with Gasteiger partial charge in [0.15, 0.2) is 0 Å². The van der Waals surface area contributed by atoms with Crippen LogP contribution in [0.3, 0.4) is 0 Å². The van der Waals surface area contributed by atoms with E-state index in [-0.39, 0.29) is 12.0 Å². The van der Waals surface area contributed by atoms with Crippen molar-refractivity contribution >= 4 is 23.3 Å². The second-order valence-electron chi connectivity index (χ2n) is 5.72. The van der Waals surface area contributed by atoms with Gasteiger partial charge in [-0.25, -0.2) is 4.79 Å². The van der Waals surface area contributed by atoms with Crippen LogP contribution in [0.1, 0.15) is 32.6 Å². The molecule has 0 amide bonds. The van der Waals surface area contributed by atoms with Crippen LogP contribution in [0.5, 0.6) is 0 Å². The monoisotopic (exact) mass is 345 g/mol. The van der Waals surface area contributed by atoms with Gasteiger partial charge in [-0.15, -0.1) is 11.3 Å². The van der Waals surface area contributed by atoms with Crippen molar-refractivity contribution in [2.24, 2.45) is 0 Å². The number of rotatable bonds is 5. The zero-order valence-corrected chi connectivity index (χ0v) is 14.2. The molecule has 1 atom stereocenters. The molecule has 6 heteroatoms. The summed E-state index contributed by atoms with van der Waals surface area (Å²) in [6.45, 7) is 3.35. The smallest absolute Gasteiger partial charge is 0.345 e. The van der Waals surface area contributed by atoms with Crippen LogP contribution in [0.15, 0.2) is 36.4 Å². The van der Waals surface area contributed by atoms with E-state index >= 15 is 0 Å². The van der Waals surface area contributed by atoms with Crippen LogP contribution in [0, 0.1) is 0 Å². The highest BCUT2D eigenvalue weighted by atomic mass is 32.1. The van der Waals surface area contributed by atoms with Gasteiger partial charge >= 0.3 is 11.9 Å². The van der Waals surface area contributed by atoms with Crippen LogP contribution >= 0.6 is 11.3 Å². The summed E-state index contributed by atoms with van der Waals surface area (Å²) in [6.07, 6.45) is 0.617. The number of aromatic carboxylic acids is 1. The molecule has 0 saturated carbocycles. The number of thiophene rings is 1. The van der Waals surface area contributed by atoms with E-state index in [1.807, 2.05) is 24.3 Å². The lowest BCUT2D eigenvalue weighted by Crippen LogP contribution is -2.45. The minimum Gasteiger partial charge on any atom is -0.477 e. The highest BCUT2D eigenvalue weighted by Crippen LogP contribution is 2.27. The number of hydrogen-bond acceptors (Lipinski definition) is 5. The highest BCUT2D eigenvalue weighted by molar-refractivity contribution is 7.13. The fourth-order valence-electron chi connectivity index (χ4n) is 2.99. The normalized spacial score (nSPS) is 17.3. The number of benzene rings is 1. The third-order valence-electron chi connectivity index (χ3n) is 4.14. The summed E-state index contributed by atoms with van der Waals surface area (Å²) in [5.74, 6) is -1.14. The number of ether oxygens (including phenoxy) is 1. The van der Waals surface area contributed by atoms with Crippen molar-refractivity contribution < 1.29 is 19.4 Å². The van der Waals surface area contributed by atoms with Crippen LogP contribution in [0.25, 0.3) is 0 Å². The molecule has 0 bridgehead atoms. The van der Waals surface area contributed by atoms with Gasteiger partial charge in [-0.1, -0.05) is 24.3 Å². The standard InChI is InChI=1S/C18H19NO4S/c1-2-23-18(22)15-9-12-5-3-4-6-13(12)10-19(15)11-14-7-8-16(24-14)17(20)21/h3-8,15H,2,9-11H2,1H3,(H,20,21). The molecule has 2 heterocycles. The van der Waals surface area contributed by atoms with Gasteiger partial charge in [0.2, 0.25) is 0 Å². The average molecular weight is 345 g/mol. The number of fused-ring (bicyclic) bond motifs is 1. The van der Waals surface area contributed by atoms with Crippen molar-refractivity contribution in [3.8, 4) is 0 Å². The molecule has 1 aromatic heterocycles. The molecule has 24 heavy (non-hydrogen) atoms. The first-order chi connectivity index (χ1) is 11.6. The lowest BCUT2D eigenvalue weighted by atomic mass is 9.94. The number of carbonyl (C=O) groups excluding carboxylic acids is 1. The molecule has 5 nitrogen and oxygen atoms in total. The van der Waals surface area contributed by atoms with Gasteiger partial charge in [0.1, 0.15) is 10.9 Å². The fraction of sp³-hybridized carbons (Fsp3) is 0.333. The van der Waals surface area contributed by atoms with Crippen molar-refractivity contribution in [2.45, 2.75) is 32.5 Å². The molecule has 1 N–H and O–H groups in total. The fourth-order valence-corrected chi connectivity index (χ4v) is 3.86. The maximum atomic E-state index is 12.4. The second kappa shape index (κ2) is 7.15. The highest BCUT2D eigenvalue weighted by Gasteiger charge is 2.32. The van der Waals surface area contributed by atoms with E-state index in [0.29, 0.717) is 31.0 Å². The molecule has 0 spiro atoms. The Labute approximate surface area is 144 Å². The van der Waals surface area contributed by atoms with Gasteiger partial charge in [-0.05, 0) is 36.6 Å². The maximum Gasteiger partial charge on any atom is 0.345 e. The summed E-state index contributed by atoms with van der Waals surface area (Å²) in [7, 11) is 0. The van der Waals surface area contributed by atoms with Crippen LogP contribution < -0.4 is 0 Å². The minimum absolute atomic E-state index is 0.220. The van der Waals surface area contributed by atoms with E-state index in [1.54, 1.807) is 13.0 Å². The zero-order chi connectivity index (χ0) is 17.1. The quantitative estimate of drug-likeness (QED) is 0.844. The first kappa shape index (κ1) is 16.7. The molecule has 0 aliphatic carbocycles. The molecule has 0 radical (unpaired) electrons. The van der Waals surface area contributed by atoms with E-state index in [4.69, 9.17) is 9.84 Å². The van der Waals surface area contributed by atoms with E-state index in [0.717, 1.165) is 4.88 Å².